The van der Waals surface area contributed by atoms with Crippen molar-refractivity contribution in [3.63, 3.8) is 0 Å². The second kappa shape index (κ2) is 9.98. The van der Waals surface area contributed by atoms with Crippen molar-refractivity contribution in [2.45, 2.75) is 71.9 Å². The standard InChI is InChI=1S/C26H34F3N7O3/c1-16-13-33(20-5-8-30-19-14-35(10-7-18(19)20)24(38)39-25(2,3)4)9-6-17(16)22(37)34-11-12-36-21(15-34)31-32-23(36)26(27,28)29/h5,8,16-17H,6-7,9-15H2,1-4H3. The minimum absolute atomic E-state index is 0.0274. The number of pyridine rings is 1. The van der Waals surface area contributed by atoms with E-state index in [-0.39, 0.29) is 49.3 Å². The summed E-state index contributed by atoms with van der Waals surface area (Å²) in [7, 11) is 0. The Morgan fingerprint density at radius 1 is 1.03 bits per heavy atom. The SMILES string of the molecule is CC1CN(c2ccnc3c2CCN(C(=O)OC(C)(C)C)C3)CCC1C(=O)N1CCn2c(nnc2C(F)(F)F)C1. The minimum atomic E-state index is -4.57. The predicted octanol–water partition coefficient (Wildman–Crippen LogP) is 3.49. The van der Waals surface area contributed by atoms with Crippen molar-refractivity contribution >= 4 is 17.7 Å². The molecule has 2 amide bonds. The highest BCUT2D eigenvalue weighted by molar-refractivity contribution is 5.79. The van der Waals surface area contributed by atoms with Crippen LogP contribution in [0.5, 0.6) is 0 Å². The van der Waals surface area contributed by atoms with Gasteiger partial charge < -0.3 is 24.0 Å². The molecule has 13 heteroatoms. The normalized spacial score (nSPS) is 21.9. The van der Waals surface area contributed by atoms with Crippen LogP contribution in [0.1, 0.15) is 57.0 Å². The van der Waals surface area contributed by atoms with Crippen LogP contribution in [0.25, 0.3) is 0 Å². The average molecular weight is 550 g/mol. The van der Waals surface area contributed by atoms with E-state index in [1.165, 1.54) is 0 Å². The molecule has 0 bridgehead atoms. The number of hydrogen-bond acceptors (Lipinski definition) is 7. The second-order valence-electron chi connectivity index (χ2n) is 11.6. The summed E-state index contributed by atoms with van der Waals surface area (Å²) in [5.74, 6) is -1.08. The summed E-state index contributed by atoms with van der Waals surface area (Å²) in [5.41, 5.74) is 2.48. The summed E-state index contributed by atoms with van der Waals surface area (Å²) >= 11 is 0. The molecular formula is C26H34F3N7O3. The zero-order chi connectivity index (χ0) is 28.1. The van der Waals surface area contributed by atoms with Crippen LogP contribution < -0.4 is 4.90 Å². The van der Waals surface area contributed by atoms with Gasteiger partial charge in [0.1, 0.15) is 5.60 Å². The fraction of sp³-hybridized carbons (Fsp3) is 0.654. The van der Waals surface area contributed by atoms with Gasteiger partial charge in [-0.3, -0.25) is 9.78 Å². The number of alkyl halides is 3. The number of halogens is 3. The van der Waals surface area contributed by atoms with Gasteiger partial charge in [-0.1, -0.05) is 6.92 Å². The number of fused-ring (bicyclic) bond motifs is 2. The molecule has 3 aliphatic heterocycles. The number of ether oxygens (including phenoxy) is 1. The molecule has 0 spiro atoms. The largest absolute Gasteiger partial charge is 0.451 e. The molecule has 2 aromatic rings. The topological polar surface area (TPSA) is 96.7 Å². The summed E-state index contributed by atoms with van der Waals surface area (Å²) < 4.78 is 46.1. The highest BCUT2D eigenvalue weighted by Gasteiger charge is 2.41. The number of hydrogen-bond donors (Lipinski definition) is 0. The fourth-order valence-electron chi connectivity index (χ4n) is 5.74. The van der Waals surface area contributed by atoms with E-state index in [9.17, 15) is 22.8 Å². The van der Waals surface area contributed by atoms with Gasteiger partial charge in [0, 0.05) is 56.1 Å². The van der Waals surface area contributed by atoms with Crippen molar-refractivity contribution in [3.8, 4) is 0 Å². The quantitative estimate of drug-likeness (QED) is 0.566. The lowest BCUT2D eigenvalue weighted by atomic mass is 9.85. The van der Waals surface area contributed by atoms with Crippen LogP contribution in [0.3, 0.4) is 0 Å². The molecule has 0 aromatic carbocycles. The van der Waals surface area contributed by atoms with Crippen molar-refractivity contribution in [1.82, 2.24) is 29.5 Å². The molecule has 2 aromatic heterocycles. The van der Waals surface area contributed by atoms with Gasteiger partial charge >= 0.3 is 12.3 Å². The minimum Gasteiger partial charge on any atom is -0.444 e. The highest BCUT2D eigenvalue weighted by atomic mass is 19.4. The molecule has 1 fully saturated rings. The molecular weight excluding hydrogens is 515 g/mol. The van der Waals surface area contributed by atoms with Gasteiger partial charge in [0.05, 0.1) is 18.8 Å². The number of aromatic nitrogens is 4. The van der Waals surface area contributed by atoms with Gasteiger partial charge in [-0.2, -0.15) is 13.2 Å². The second-order valence-corrected chi connectivity index (χ2v) is 11.6. The van der Waals surface area contributed by atoms with Crippen molar-refractivity contribution in [3.05, 3.63) is 35.2 Å². The third-order valence-electron chi connectivity index (χ3n) is 7.63. The first kappa shape index (κ1) is 27.2. The van der Waals surface area contributed by atoms with E-state index in [4.69, 9.17) is 4.74 Å². The number of carbonyl (C=O) groups excluding carboxylic acids is 2. The van der Waals surface area contributed by atoms with Crippen LogP contribution >= 0.6 is 0 Å². The maximum atomic E-state index is 13.4. The fourth-order valence-corrected chi connectivity index (χ4v) is 5.74. The summed E-state index contributed by atoms with van der Waals surface area (Å²) in [6.07, 6.45) is -1.86. The number of anilines is 1. The molecule has 1 saturated heterocycles. The Morgan fingerprint density at radius 3 is 2.49 bits per heavy atom. The highest BCUT2D eigenvalue weighted by Crippen LogP contribution is 2.35. The smallest absolute Gasteiger partial charge is 0.444 e. The first-order chi connectivity index (χ1) is 18.3. The maximum absolute atomic E-state index is 13.4. The molecule has 39 heavy (non-hydrogen) atoms. The van der Waals surface area contributed by atoms with Gasteiger partial charge in [-0.05, 0) is 45.6 Å². The molecule has 5 rings (SSSR count). The maximum Gasteiger partial charge on any atom is 0.451 e. The summed E-state index contributed by atoms with van der Waals surface area (Å²) in [6.45, 7) is 10.1. The van der Waals surface area contributed by atoms with Crippen molar-refractivity contribution in [1.29, 1.82) is 0 Å². The molecule has 212 valence electrons. The molecule has 3 aliphatic rings. The van der Waals surface area contributed by atoms with E-state index in [1.807, 2.05) is 33.8 Å². The summed E-state index contributed by atoms with van der Waals surface area (Å²) in [4.78, 5) is 36.1. The van der Waals surface area contributed by atoms with E-state index in [2.05, 4.69) is 20.1 Å². The predicted molar refractivity (Wildman–Crippen MR) is 135 cm³/mol. The van der Waals surface area contributed by atoms with Crippen molar-refractivity contribution < 1.29 is 27.5 Å². The molecule has 2 unspecified atom stereocenters. The van der Waals surface area contributed by atoms with Crippen LogP contribution in [0.2, 0.25) is 0 Å². The van der Waals surface area contributed by atoms with Crippen LogP contribution in [0.15, 0.2) is 12.3 Å². The van der Waals surface area contributed by atoms with Gasteiger partial charge in [-0.15, -0.1) is 10.2 Å². The Kier molecular flexibility index (Phi) is 6.96. The van der Waals surface area contributed by atoms with Crippen LogP contribution in [0.4, 0.5) is 23.7 Å². The number of nitrogens with zero attached hydrogens (tertiary/aromatic N) is 7. The third-order valence-corrected chi connectivity index (χ3v) is 7.63. The molecule has 10 nitrogen and oxygen atoms in total. The number of carbonyl (C=O) groups is 2. The summed E-state index contributed by atoms with van der Waals surface area (Å²) in [5, 5.41) is 7.01. The Morgan fingerprint density at radius 2 is 1.79 bits per heavy atom. The van der Waals surface area contributed by atoms with Crippen LogP contribution in [-0.2, 0) is 41.8 Å². The van der Waals surface area contributed by atoms with E-state index in [0.717, 1.165) is 21.5 Å². The van der Waals surface area contributed by atoms with E-state index >= 15 is 0 Å². The van der Waals surface area contributed by atoms with Crippen molar-refractivity contribution in [2.75, 3.05) is 31.1 Å². The molecule has 0 radical (unpaired) electrons. The Balaban J connectivity index is 1.23. The molecule has 0 aliphatic carbocycles. The third kappa shape index (κ3) is 5.53. The van der Waals surface area contributed by atoms with Gasteiger partial charge in [-0.25, -0.2) is 4.79 Å². The lowest BCUT2D eigenvalue weighted by molar-refractivity contribution is -0.148. The molecule has 2 atom stereocenters. The first-order valence-corrected chi connectivity index (χ1v) is 13.3. The monoisotopic (exact) mass is 549 g/mol. The number of amides is 2. The molecule has 0 N–H and O–H groups in total. The van der Waals surface area contributed by atoms with E-state index in [1.54, 1.807) is 16.0 Å². The number of rotatable bonds is 2. The van der Waals surface area contributed by atoms with Gasteiger partial charge in [0.2, 0.25) is 11.7 Å². The van der Waals surface area contributed by atoms with Crippen LogP contribution in [0, 0.1) is 11.8 Å². The molecule has 0 saturated carbocycles. The lowest BCUT2D eigenvalue weighted by Crippen LogP contribution is -2.49. The summed E-state index contributed by atoms with van der Waals surface area (Å²) in [6, 6.07) is 1.99. The molecule has 5 heterocycles. The lowest BCUT2D eigenvalue weighted by Gasteiger charge is -2.41. The van der Waals surface area contributed by atoms with E-state index in [0.29, 0.717) is 39.0 Å². The van der Waals surface area contributed by atoms with E-state index < -0.39 is 17.6 Å². The zero-order valence-corrected chi connectivity index (χ0v) is 22.7. The van der Waals surface area contributed by atoms with Gasteiger partial charge in [0.15, 0.2) is 5.82 Å². The zero-order valence-electron chi connectivity index (χ0n) is 22.7. The van der Waals surface area contributed by atoms with Crippen molar-refractivity contribution in [2.24, 2.45) is 11.8 Å². The number of piperidine rings is 1. The Hall–Kier alpha value is -3.38. The Bertz CT molecular complexity index is 1260. The van der Waals surface area contributed by atoms with Gasteiger partial charge in [0.25, 0.3) is 0 Å². The average Bonchev–Trinajstić information content (AvgIpc) is 3.30. The Labute approximate surface area is 225 Å². The van der Waals surface area contributed by atoms with Crippen LogP contribution in [-0.4, -0.2) is 73.3 Å². The first-order valence-electron chi connectivity index (χ1n) is 13.3.